The zero-order chi connectivity index (χ0) is 17.5. The molecular weight excluding hydrogens is 347 g/mol. The molecule has 0 aliphatic heterocycles. The predicted molar refractivity (Wildman–Crippen MR) is 96.9 cm³/mol. The molecule has 0 aliphatic carbocycles. The number of rotatable bonds is 7. The highest BCUT2D eigenvalue weighted by Crippen LogP contribution is 2.24. The van der Waals surface area contributed by atoms with Gasteiger partial charge in [-0.1, -0.05) is 12.1 Å². The summed E-state index contributed by atoms with van der Waals surface area (Å²) in [4.78, 5) is 12.0. The summed E-state index contributed by atoms with van der Waals surface area (Å²) < 4.78 is 19.5. The van der Waals surface area contributed by atoms with Gasteiger partial charge in [-0.15, -0.1) is 12.4 Å². The topological polar surface area (TPSA) is 84.6 Å². The molecule has 2 aromatic rings. The Balaban J connectivity index is 0.00000312. The largest absolute Gasteiger partial charge is 0.457 e. The van der Waals surface area contributed by atoms with Crippen molar-refractivity contribution in [3.05, 3.63) is 59.4 Å². The Bertz CT molecular complexity index is 693. The van der Waals surface area contributed by atoms with Crippen LogP contribution in [0.2, 0.25) is 0 Å². The first-order chi connectivity index (χ1) is 11.5. The second kappa shape index (κ2) is 9.98. The molecule has 0 bridgehead atoms. The van der Waals surface area contributed by atoms with Crippen LogP contribution in [0.15, 0.2) is 42.5 Å². The lowest BCUT2D eigenvalue weighted by Gasteiger charge is -2.10. The van der Waals surface area contributed by atoms with Gasteiger partial charge in [0, 0.05) is 6.54 Å². The number of ether oxygens (including phenoxy) is 1. The maximum absolute atomic E-state index is 13.8. The van der Waals surface area contributed by atoms with Crippen LogP contribution < -0.4 is 15.8 Å². The third kappa shape index (κ3) is 6.34. The van der Waals surface area contributed by atoms with Crippen molar-refractivity contribution >= 4 is 18.3 Å². The number of carbonyl (C=O) groups is 1. The summed E-state index contributed by atoms with van der Waals surface area (Å²) in [7, 11) is 0. The van der Waals surface area contributed by atoms with Crippen molar-refractivity contribution in [3.63, 3.8) is 0 Å². The van der Waals surface area contributed by atoms with E-state index in [1.807, 2.05) is 12.1 Å². The number of nitrogens with one attached hydrogen (secondary N) is 1. The standard InChI is InChI=1S/C18H21FN2O3.ClH/c1-12(22)11-21-18(23)16-10-15(6-7-17(16)19)24-14-4-2-13(3-5-14)8-9-20;/h2-7,10,12,22H,8-9,11,20H2,1H3,(H,21,23);1H. The van der Waals surface area contributed by atoms with Gasteiger partial charge < -0.3 is 20.9 Å². The van der Waals surface area contributed by atoms with Crippen LogP contribution in [0.5, 0.6) is 11.5 Å². The highest BCUT2D eigenvalue weighted by molar-refractivity contribution is 5.94. The van der Waals surface area contributed by atoms with E-state index in [4.69, 9.17) is 10.5 Å². The smallest absolute Gasteiger partial charge is 0.254 e. The summed E-state index contributed by atoms with van der Waals surface area (Å²) in [5, 5.41) is 11.6. The fraction of sp³-hybridized carbons (Fsp3) is 0.278. The third-order valence-corrected chi connectivity index (χ3v) is 3.33. The SMILES string of the molecule is CC(O)CNC(=O)c1cc(Oc2ccc(CCN)cc2)ccc1F.Cl. The van der Waals surface area contributed by atoms with E-state index in [1.165, 1.54) is 25.1 Å². The monoisotopic (exact) mass is 368 g/mol. The molecule has 0 aliphatic rings. The second-order valence-electron chi connectivity index (χ2n) is 5.49. The summed E-state index contributed by atoms with van der Waals surface area (Å²) in [5.41, 5.74) is 6.47. The van der Waals surface area contributed by atoms with Crippen LogP contribution in [-0.4, -0.2) is 30.2 Å². The Hall–Kier alpha value is -2.15. The number of halogens is 2. The van der Waals surface area contributed by atoms with Gasteiger partial charge in [0.1, 0.15) is 17.3 Å². The Labute approximate surface area is 152 Å². The Kier molecular flexibility index (Phi) is 8.34. The minimum Gasteiger partial charge on any atom is -0.457 e. The lowest BCUT2D eigenvalue weighted by Crippen LogP contribution is -2.31. The average Bonchev–Trinajstić information content (AvgIpc) is 2.56. The van der Waals surface area contributed by atoms with Gasteiger partial charge in [-0.25, -0.2) is 4.39 Å². The quantitative estimate of drug-likeness (QED) is 0.701. The van der Waals surface area contributed by atoms with E-state index < -0.39 is 17.8 Å². The summed E-state index contributed by atoms with van der Waals surface area (Å²) in [6, 6.07) is 11.4. The van der Waals surface area contributed by atoms with Crippen molar-refractivity contribution in [3.8, 4) is 11.5 Å². The second-order valence-corrected chi connectivity index (χ2v) is 5.49. The van der Waals surface area contributed by atoms with Crippen molar-refractivity contribution in [1.82, 2.24) is 5.32 Å². The number of carbonyl (C=O) groups excluding carboxylic acids is 1. The van der Waals surface area contributed by atoms with Gasteiger partial charge in [0.25, 0.3) is 5.91 Å². The number of nitrogens with two attached hydrogens (primary N) is 1. The average molecular weight is 369 g/mol. The zero-order valence-electron chi connectivity index (χ0n) is 13.9. The van der Waals surface area contributed by atoms with Crippen LogP contribution in [0.4, 0.5) is 4.39 Å². The molecular formula is C18H22ClFN2O3. The number of hydrogen-bond donors (Lipinski definition) is 3. The minimum absolute atomic E-state index is 0. The Morgan fingerprint density at radius 1 is 1.24 bits per heavy atom. The molecule has 0 saturated heterocycles. The molecule has 0 radical (unpaired) electrons. The van der Waals surface area contributed by atoms with Crippen molar-refractivity contribution < 1.29 is 19.0 Å². The summed E-state index contributed by atoms with van der Waals surface area (Å²) in [5.74, 6) is -0.316. The van der Waals surface area contributed by atoms with Crippen LogP contribution in [0.1, 0.15) is 22.8 Å². The zero-order valence-corrected chi connectivity index (χ0v) is 14.7. The highest BCUT2D eigenvalue weighted by atomic mass is 35.5. The number of aliphatic hydroxyl groups is 1. The molecule has 0 fully saturated rings. The molecule has 25 heavy (non-hydrogen) atoms. The molecule has 1 unspecified atom stereocenters. The number of benzene rings is 2. The third-order valence-electron chi connectivity index (χ3n) is 3.33. The first-order valence-electron chi connectivity index (χ1n) is 7.72. The maximum atomic E-state index is 13.8. The van der Waals surface area contributed by atoms with Crippen molar-refractivity contribution in [1.29, 1.82) is 0 Å². The molecule has 1 amide bonds. The van der Waals surface area contributed by atoms with E-state index in [1.54, 1.807) is 12.1 Å². The van der Waals surface area contributed by atoms with Crippen molar-refractivity contribution in [2.75, 3.05) is 13.1 Å². The van der Waals surface area contributed by atoms with Crippen LogP contribution in [0.3, 0.4) is 0 Å². The highest BCUT2D eigenvalue weighted by Gasteiger charge is 2.14. The van der Waals surface area contributed by atoms with Gasteiger partial charge in [-0.05, 0) is 55.8 Å². The van der Waals surface area contributed by atoms with Gasteiger partial charge in [0.05, 0.1) is 11.7 Å². The molecule has 2 aromatic carbocycles. The molecule has 0 aromatic heterocycles. The summed E-state index contributed by atoms with van der Waals surface area (Å²) >= 11 is 0. The van der Waals surface area contributed by atoms with E-state index >= 15 is 0 Å². The van der Waals surface area contributed by atoms with E-state index in [2.05, 4.69) is 5.32 Å². The maximum Gasteiger partial charge on any atom is 0.254 e. The van der Waals surface area contributed by atoms with Crippen LogP contribution in [-0.2, 0) is 6.42 Å². The minimum atomic E-state index is -0.705. The van der Waals surface area contributed by atoms with E-state index in [0.717, 1.165) is 12.0 Å². The summed E-state index contributed by atoms with van der Waals surface area (Å²) in [6.07, 6.45) is 0.0771. The first-order valence-corrected chi connectivity index (χ1v) is 7.72. The normalized spacial score (nSPS) is 11.4. The van der Waals surface area contributed by atoms with Crippen LogP contribution in [0.25, 0.3) is 0 Å². The van der Waals surface area contributed by atoms with Crippen molar-refractivity contribution in [2.24, 2.45) is 5.73 Å². The molecule has 4 N–H and O–H groups in total. The molecule has 0 heterocycles. The molecule has 0 saturated carbocycles. The van der Waals surface area contributed by atoms with Crippen molar-refractivity contribution in [2.45, 2.75) is 19.4 Å². The van der Waals surface area contributed by atoms with E-state index in [-0.39, 0.29) is 24.5 Å². The van der Waals surface area contributed by atoms with Crippen LogP contribution >= 0.6 is 12.4 Å². The molecule has 2 rings (SSSR count). The first kappa shape index (κ1) is 20.9. The van der Waals surface area contributed by atoms with Gasteiger partial charge in [-0.3, -0.25) is 4.79 Å². The van der Waals surface area contributed by atoms with Gasteiger partial charge in [0.2, 0.25) is 0 Å². The number of amides is 1. The van der Waals surface area contributed by atoms with Gasteiger partial charge in [-0.2, -0.15) is 0 Å². The number of hydrogen-bond acceptors (Lipinski definition) is 4. The molecule has 7 heteroatoms. The van der Waals surface area contributed by atoms with E-state index in [9.17, 15) is 14.3 Å². The fourth-order valence-corrected chi connectivity index (χ4v) is 2.10. The Morgan fingerprint density at radius 3 is 2.48 bits per heavy atom. The van der Waals surface area contributed by atoms with Gasteiger partial charge >= 0.3 is 0 Å². The van der Waals surface area contributed by atoms with E-state index in [0.29, 0.717) is 18.0 Å². The molecule has 136 valence electrons. The lowest BCUT2D eigenvalue weighted by atomic mass is 10.1. The molecule has 1 atom stereocenters. The molecule has 0 spiro atoms. The fourth-order valence-electron chi connectivity index (χ4n) is 2.10. The molecule has 5 nitrogen and oxygen atoms in total. The van der Waals surface area contributed by atoms with Crippen LogP contribution in [0, 0.1) is 5.82 Å². The predicted octanol–water partition coefficient (Wildman–Crippen LogP) is 2.65. The number of aliphatic hydroxyl groups excluding tert-OH is 1. The Morgan fingerprint density at radius 2 is 1.88 bits per heavy atom. The lowest BCUT2D eigenvalue weighted by molar-refractivity contribution is 0.0919. The van der Waals surface area contributed by atoms with Gasteiger partial charge in [0.15, 0.2) is 0 Å². The summed E-state index contributed by atoms with van der Waals surface area (Å²) in [6.45, 7) is 2.15.